The first-order valence-electron chi connectivity index (χ1n) is 6.43. The van der Waals surface area contributed by atoms with E-state index in [0.717, 1.165) is 18.5 Å². The van der Waals surface area contributed by atoms with Crippen molar-refractivity contribution in [1.29, 1.82) is 0 Å². The van der Waals surface area contributed by atoms with Gasteiger partial charge < -0.3 is 15.4 Å². The third kappa shape index (κ3) is 3.88. The first-order valence-corrected chi connectivity index (χ1v) is 7.65. The number of benzene rings is 1. The molecule has 20 heavy (non-hydrogen) atoms. The number of thioether (sulfide) groups is 1. The van der Waals surface area contributed by atoms with Gasteiger partial charge in [-0.3, -0.25) is 4.79 Å². The van der Waals surface area contributed by atoms with Gasteiger partial charge in [0.1, 0.15) is 6.10 Å². The molecular weight excluding hydrogens is 296 g/mol. The first kappa shape index (κ1) is 17.3. The molecule has 0 aliphatic carbocycles. The van der Waals surface area contributed by atoms with Crippen LogP contribution in [-0.4, -0.2) is 38.0 Å². The van der Waals surface area contributed by atoms with Crippen LogP contribution in [0.25, 0.3) is 0 Å². The summed E-state index contributed by atoms with van der Waals surface area (Å²) in [6.45, 7) is 0.482. The second-order valence-electron chi connectivity index (χ2n) is 4.66. The average molecular weight is 317 g/mol. The van der Waals surface area contributed by atoms with Crippen LogP contribution in [0.4, 0.5) is 5.69 Å². The summed E-state index contributed by atoms with van der Waals surface area (Å²) in [5.74, 6) is 0.00727. The molecule has 0 spiro atoms. The molecule has 1 aromatic rings. The number of hydrogen-bond acceptors (Lipinski definition) is 4. The maximum Gasteiger partial charge on any atom is 0.255 e. The lowest BCUT2D eigenvalue weighted by Crippen LogP contribution is -2.37. The monoisotopic (exact) mass is 316 g/mol. The Bertz CT molecular complexity index is 441. The summed E-state index contributed by atoms with van der Waals surface area (Å²) in [4.78, 5) is 15.2. The molecule has 1 aromatic carbocycles. The lowest BCUT2D eigenvalue weighted by Gasteiger charge is -2.21. The number of hydrogen-bond donors (Lipinski definition) is 1. The molecule has 0 radical (unpaired) electrons. The summed E-state index contributed by atoms with van der Waals surface area (Å²) in [7, 11) is 1.79. The summed E-state index contributed by atoms with van der Waals surface area (Å²) in [6.07, 6.45) is 3.34. The summed E-state index contributed by atoms with van der Waals surface area (Å²) in [5, 5.41) is 0. The van der Waals surface area contributed by atoms with Gasteiger partial charge in [-0.25, -0.2) is 0 Å². The van der Waals surface area contributed by atoms with Gasteiger partial charge in [0.05, 0.1) is 6.10 Å². The zero-order valence-electron chi connectivity index (χ0n) is 11.7. The fourth-order valence-electron chi connectivity index (χ4n) is 2.21. The minimum Gasteiger partial charge on any atom is -0.364 e. The number of nitrogens with zero attached hydrogens (tertiary/aromatic N) is 1. The molecule has 1 fully saturated rings. The molecule has 2 N–H and O–H groups in total. The Morgan fingerprint density at radius 2 is 2.05 bits per heavy atom. The van der Waals surface area contributed by atoms with Crippen molar-refractivity contribution >= 4 is 35.8 Å². The van der Waals surface area contributed by atoms with Gasteiger partial charge in [-0.05, 0) is 43.4 Å². The molecule has 112 valence electrons. The van der Waals surface area contributed by atoms with E-state index < -0.39 is 0 Å². The Hall–Kier alpha value is -0.750. The molecule has 0 bridgehead atoms. The highest BCUT2D eigenvalue weighted by Gasteiger charge is 2.32. The van der Waals surface area contributed by atoms with Crippen LogP contribution in [0.5, 0.6) is 0 Å². The highest BCUT2D eigenvalue weighted by Crippen LogP contribution is 2.24. The Labute approximate surface area is 130 Å². The third-order valence-corrected chi connectivity index (χ3v) is 4.18. The lowest BCUT2D eigenvalue weighted by molar-refractivity contribution is -0.128. The van der Waals surface area contributed by atoms with Gasteiger partial charge in [0.15, 0.2) is 0 Å². The SMILES string of the molecule is CSc1ccc(N(C)C(=O)[C@@H]2CC[C@H](CN)O2)cc1.Cl. The summed E-state index contributed by atoms with van der Waals surface area (Å²) >= 11 is 1.68. The Balaban J connectivity index is 0.00000200. The molecule has 2 atom stereocenters. The number of ether oxygens (including phenoxy) is 1. The van der Waals surface area contributed by atoms with Crippen molar-refractivity contribution in [2.24, 2.45) is 5.73 Å². The van der Waals surface area contributed by atoms with Crippen LogP contribution in [0.2, 0.25) is 0 Å². The Morgan fingerprint density at radius 1 is 1.40 bits per heavy atom. The largest absolute Gasteiger partial charge is 0.364 e. The zero-order chi connectivity index (χ0) is 13.8. The van der Waals surface area contributed by atoms with Crippen LogP contribution >= 0.6 is 24.2 Å². The van der Waals surface area contributed by atoms with Crippen LogP contribution < -0.4 is 10.6 Å². The van der Waals surface area contributed by atoms with Gasteiger partial charge in [-0.2, -0.15) is 0 Å². The van der Waals surface area contributed by atoms with E-state index in [1.165, 1.54) is 4.90 Å². The van der Waals surface area contributed by atoms with E-state index in [4.69, 9.17) is 10.5 Å². The minimum absolute atomic E-state index is 0. The van der Waals surface area contributed by atoms with E-state index in [-0.39, 0.29) is 30.5 Å². The second kappa shape index (κ2) is 7.88. The van der Waals surface area contributed by atoms with Gasteiger partial charge in [-0.1, -0.05) is 0 Å². The predicted octanol–water partition coefficient (Wildman–Crippen LogP) is 2.30. The fourth-order valence-corrected chi connectivity index (χ4v) is 2.62. The van der Waals surface area contributed by atoms with Crippen molar-refractivity contribution in [2.45, 2.75) is 29.9 Å². The van der Waals surface area contributed by atoms with Crippen molar-refractivity contribution in [1.82, 2.24) is 0 Å². The first-order chi connectivity index (χ1) is 9.15. The molecule has 6 heteroatoms. The molecule has 4 nitrogen and oxygen atoms in total. The number of halogens is 1. The number of amides is 1. The van der Waals surface area contributed by atoms with Crippen molar-refractivity contribution < 1.29 is 9.53 Å². The zero-order valence-corrected chi connectivity index (χ0v) is 13.4. The van der Waals surface area contributed by atoms with E-state index >= 15 is 0 Å². The topological polar surface area (TPSA) is 55.6 Å². The number of anilines is 1. The molecule has 1 saturated heterocycles. The molecule has 1 amide bonds. The number of rotatable bonds is 4. The highest BCUT2D eigenvalue weighted by atomic mass is 35.5. The average Bonchev–Trinajstić information content (AvgIpc) is 2.94. The van der Waals surface area contributed by atoms with Crippen molar-refractivity contribution in [3.63, 3.8) is 0 Å². The van der Waals surface area contributed by atoms with Crippen molar-refractivity contribution in [2.75, 3.05) is 24.7 Å². The molecule has 0 unspecified atom stereocenters. The third-order valence-electron chi connectivity index (χ3n) is 3.44. The quantitative estimate of drug-likeness (QED) is 0.866. The smallest absolute Gasteiger partial charge is 0.255 e. The Kier molecular flexibility index (Phi) is 6.82. The van der Waals surface area contributed by atoms with E-state index in [2.05, 4.69) is 0 Å². The number of nitrogens with two attached hydrogens (primary N) is 1. The maximum absolute atomic E-state index is 12.3. The van der Waals surface area contributed by atoms with E-state index in [1.54, 1.807) is 23.7 Å². The fraction of sp³-hybridized carbons (Fsp3) is 0.500. The minimum atomic E-state index is -0.348. The standard InChI is InChI=1S/C14H20N2O2S.ClH/c1-16(10-3-6-12(19-2)7-4-10)14(17)13-8-5-11(9-15)18-13;/h3-4,6-7,11,13H,5,8-9,15H2,1-2H3;1H/t11-,13+;/m1./s1. The predicted molar refractivity (Wildman–Crippen MR) is 85.8 cm³/mol. The number of carbonyl (C=O) groups is 1. The van der Waals surface area contributed by atoms with Gasteiger partial charge >= 0.3 is 0 Å². The van der Waals surface area contributed by atoms with Gasteiger partial charge in [0.2, 0.25) is 0 Å². The lowest BCUT2D eigenvalue weighted by atomic mass is 10.1. The van der Waals surface area contributed by atoms with E-state index in [1.807, 2.05) is 30.5 Å². The second-order valence-corrected chi connectivity index (χ2v) is 5.53. The van der Waals surface area contributed by atoms with Crippen molar-refractivity contribution in [3.8, 4) is 0 Å². The molecular formula is C14H21ClN2O2S. The normalized spacial score (nSPS) is 21.4. The van der Waals surface area contributed by atoms with Crippen LogP contribution in [0, 0.1) is 0 Å². The van der Waals surface area contributed by atoms with Gasteiger partial charge in [0.25, 0.3) is 5.91 Å². The maximum atomic E-state index is 12.3. The molecule has 0 aromatic heterocycles. The van der Waals surface area contributed by atoms with Crippen molar-refractivity contribution in [3.05, 3.63) is 24.3 Å². The van der Waals surface area contributed by atoms with Crippen LogP contribution in [0.15, 0.2) is 29.2 Å². The van der Waals surface area contributed by atoms with E-state index in [9.17, 15) is 4.79 Å². The van der Waals surface area contributed by atoms with Crippen LogP contribution in [-0.2, 0) is 9.53 Å². The number of likely N-dealkylation sites (N-methyl/N-ethyl adjacent to an activating group) is 1. The summed E-state index contributed by atoms with van der Waals surface area (Å²) in [5.41, 5.74) is 6.45. The molecule has 1 heterocycles. The van der Waals surface area contributed by atoms with Gasteiger partial charge in [-0.15, -0.1) is 24.2 Å². The number of carbonyl (C=O) groups excluding carboxylic acids is 1. The summed E-state index contributed by atoms with van der Waals surface area (Å²) in [6, 6.07) is 7.95. The van der Waals surface area contributed by atoms with E-state index in [0.29, 0.717) is 6.54 Å². The van der Waals surface area contributed by atoms with Crippen LogP contribution in [0.3, 0.4) is 0 Å². The van der Waals surface area contributed by atoms with Gasteiger partial charge in [0, 0.05) is 24.2 Å². The molecule has 2 rings (SSSR count). The molecule has 1 aliphatic rings. The molecule has 1 aliphatic heterocycles. The highest BCUT2D eigenvalue weighted by molar-refractivity contribution is 7.98. The van der Waals surface area contributed by atoms with Crippen LogP contribution in [0.1, 0.15) is 12.8 Å². The Morgan fingerprint density at radius 3 is 2.55 bits per heavy atom. The molecule has 0 saturated carbocycles. The summed E-state index contributed by atoms with van der Waals surface area (Å²) < 4.78 is 5.64.